The summed E-state index contributed by atoms with van der Waals surface area (Å²) in [6.07, 6.45) is 6.46. The molecule has 0 spiro atoms. The minimum absolute atomic E-state index is 0.190. The van der Waals surface area contributed by atoms with Gasteiger partial charge in [0, 0.05) is 19.0 Å². The molecule has 2 fully saturated rings. The fourth-order valence-corrected chi connectivity index (χ4v) is 3.57. The maximum Gasteiger partial charge on any atom is 0.235 e. The molecule has 5 heteroatoms. The van der Waals surface area contributed by atoms with Crippen molar-refractivity contribution in [3.05, 3.63) is 0 Å². The van der Waals surface area contributed by atoms with E-state index in [4.69, 9.17) is 18.0 Å². The van der Waals surface area contributed by atoms with Crippen LogP contribution < -0.4 is 5.73 Å². The molecular formula is C12H20N2OS2. The molecule has 1 amide bonds. The number of carbonyl (C=O) groups is 1. The van der Waals surface area contributed by atoms with Crippen molar-refractivity contribution in [1.29, 1.82) is 0 Å². The van der Waals surface area contributed by atoms with Gasteiger partial charge in [0.25, 0.3) is 0 Å². The first-order valence-electron chi connectivity index (χ1n) is 6.39. The lowest BCUT2D eigenvalue weighted by Crippen LogP contribution is -2.41. The third kappa shape index (κ3) is 3.85. The maximum absolute atomic E-state index is 12.4. The summed E-state index contributed by atoms with van der Waals surface area (Å²) in [6.45, 7) is 0.718. The van der Waals surface area contributed by atoms with E-state index in [-0.39, 0.29) is 5.25 Å². The van der Waals surface area contributed by atoms with Crippen LogP contribution in [0.4, 0.5) is 0 Å². The molecule has 2 N–H and O–H groups in total. The van der Waals surface area contributed by atoms with E-state index >= 15 is 0 Å². The lowest BCUT2D eigenvalue weighted by Gasteiger charge is -2.29. The van der Waals surface area contributed by atoms with E-state index in [0.29, 0.717) is 23.4 Å². The van der Waals surface area contributed by atoms with E-state index in [1.807, 2.05) is 16.7 Å². The zero-order chi connectivity index (χ0) is 12.3. The Balaban J connectivity index is 1.89. The molecule has 1 saturated carbocycles. The summed E-state index contributed by atoms with van der Waals surface area (Å²) in [5, 5.41) is 0.190. The normalized spacial score (nSPS) is 24.4. The van der Waals surface area contributed by atoms with Crippen molar-refractivity contribution in [3.63, 3.8) is 0 Å². The SMILES string of the molecule is NC(=S)CCN(C(=O)C1CCCCS1)C1CC1. The smallest absolute Gasteiger partial charge is 0.235 e. The van der Waals surface area contributed by atoms with Crippen LogP contribution in [-0.2, 0) is 4.79 Å². The quantitative estimate of drug-likeness (QED) is 0.777. The van der Waals surface area contributed by atoms with Gasteiger partial charge < -0.3 is 10.6 Å². The summed E-state index contributed by atoms with van der Waals surface area (Å²) in [7, 11) is 0. The minimum atomic E-state index is 0.190. The van der Waals surface area contributed by atoms with Crippen LogP contribution in [0, 0.1) is 0 Å². The predicted octanol–water partition coefficient (Wildman–Crippen LogP) is 1.94. The van der Waals surface area contributed by atoms with Gasteiger partial charge in [-0.3, -0.25) is 4.79 Å². The molecule has 3 nitrogen and oxygen atoms in total. The molecule has 1 heterocycles. The van der Waals surface area contributed by atoms with Crippen molar-refractivity contribution < 1.29 is 4.79 Å². The third-order valence-electron chi connectivity index (χ3n) is 3.32. The molecule has 0 radical (unpaired) electrons. The number of amides is 1. The molecule has 96 valence electrons. The third-order valence-corrected chi connectivity index (χ3v) is 4.89. The van der Waals surface area contributed by atoms with Gasteiger partial charge in [-0.15, -0.1) is 11.8 Å². The van der Waals surface area contributed by atoms with Gasteiger partial charge in [0.05, 0.1) is 10.2 Å². The van der Waals surface area contributed by atoms with Crippen LogP contribution >= 0.6 is 24.0 Å². The van der Waals surface area contributed by atoms with E-state index in [9.17, 15) is 4.79 Å². The highest BCUT2D eigenvalue weighted by molar-refractivity contribution is 8.00. The van der Waals surface area contributed by atoms with Crippen LogP contribution in [0.3, 0.4) is 0 Å². The molecule has 0 aromatic heterocycles. The van der Waals surface area contributed by atoms with E-state index in [0.717, 1.165) is 31.6 Å². The number of thioether (sulfide) groups is 1. The van der Waals surface area contributed by atoms with Crippen molar-refractivity contribution in [3.8, 4) is 0 Å². The number of thiocarbonyl (C=S) groups is 1. The molecule has 2 rings (SSSR count). The Morgan fingerprint density at radius 1 is 1.35 bits per heavy atom. The Kier molecular flexibility index (Phi) is 4.68. The molecule has 1 atom stereocenters. The molecule has 0 aromatic carbocycles. The fourth-order valence-electron chi connectivity index (χ4n) is 2.21. The second kappa shape index (κ2) is 6.05. The summed E-state index contributed by atoms with van der Waals surface area (Å²) in [5.41, 5.74) is 5.53. The number of hydrogen-bond acceptors (Lipinski definition) is 3. The van der Waals surface area contributed by atoms with Gasteiger partial charge >= 0.3 is 0 Å². The highest BCUT2D eigenvalue weighted by Crippen LogP contribution is 2.32. The van der Waals surface area contributed by atoms with Gasteiger partial charge in [-0.2, -0.15) is 0 Å². The van der Waals surface area contributed by atoms with Gasteiger partial charge in [0.2, 0.25) is 5.91 Å². The van der Waals surface area contributed by atoms with Gasteiger partial charge in [0.15, 0.2) is 0 Å². The van der Waals surface area contributed by atoms with Gasteiger partial charge in [0.1, 0.15) is 0 Å². The molecule has 1 saturated heterocycles. The highest BCUT2D eigenvalue weighted by atomic mass is 32.2. The van der Waals surface area contributed by atoms with Gasteiger partial charge in [-0.25, -0.2) is 0 Å². The first kappa shape index (κ1) is 13.1. The van der Waals surface area contributed by atoms with Crippen LogP contribution in [0.2, 0.25) is 0 Å². The number of nitrogens with zero attached hydrogens (tertiary/aromatic N) is 1. The van der Waals surface area contributed by atoms with Crippen molar-refractivity contribution in [2.24, 2.45) is 5.73 Å². The Bertz CT molecular complexity index is 299. The Morgan fingerprint density at radius 3 is 2.65 bits per heavy atom. The summed E-state index contributed by atoms with van der Waals surface area (Å²) in [6, 6.07) is 0.472. The predicted molar refractivity (Wildman–Crippen MR) is 76.2 cm³/mol. The van der Waals surface area contributed by atoms with Crippen LogP contribution in [0.25, 0.3) is 0 Å². The lowest BCUT2D eigenvalue weighted by atomic mass is 10.1. The largest absolute Gasteiger partial charge is 0.393 e. The molecule has 1 aliphatic heterocycles. The molecular weight excluding hydrogens is 252 g/mol. The first-order valence-corrected chi connectivity index (χ1v) is 7.84. The molecule has 0 bridgehead atoms. The molecule has 2 aliphatic rings. The Morgan fingerprint density at radius 2 is 2.12 bits per heavy atom. The zero-order valence-corrected chi connectivity index (χ0v) is 11.7. The number of carbonyl (C=O) groups excluding carboxylic acids is 1. The molecule has 1 unspecified atom stereocenters. The van der Waals surface area contributed by atoms with E-state index in [2.05, 4.69) is 0 Å². The summed E-state index contributed by atoms with van der Waals surface area (Å²) in [4.78, 5) is 15.0. The van der Waals surface area contributed by atoms with Gasteiger partial charge in [-0.05, 0) is 31.4 Å². The monoisotopic (exact) mass is 272 g/mol. The van der Waals surface area contributed by atoms with Crippen molar-refractivity contribution in [2.75, 3.05) is 12.3 Å². The standard InChI is InChI=1S/C12H20N2OS2/c13-11(16)6-7-14(9-4-5-9)12(15)10-3-1-2-8-17-10/h9-10H,1-8H2,(H2,13,16). The van der Waals surface area contributed by atoms with Crippen LogP contribution in [0.15, 0.2) is 0 Å². The maximum atomic E-state index is 12.4. The average molecular weight is 272 g/mol. The molecule has 0 aromatic rings. The van der Waals surface area contributed by atoms with Crippen LogP contribution in [0.1, 0.15) is 38.5 Å². The second-order valence-electron chi connectivity index (χ2n) is 4.83. The summed E-state index contributed by atoms with van der Waals surface area (Å²) < 4.78 is 0. The topological polar surface area (TPSA) is 46.3 Å². The molecule has 1 aliphatic carbocycles. The van der Waals surface area contributed by atoms with E-state index in [1.54, 1.807) is 0 Å². The lowest BCUT2D eigenvalue weighted by molar-refractivity contribution is -0.131. The van der Waals surface area contributed by atoms with Gasteiger partial charge in [-0.1, -0.05) is 18.6 Å². The van der Waals surface area contributed by atoms with Crippen molar-refractivity contribution in [1.82, 2.24) is 4.90 Å². The number of nitrogens with two attached hydrogens (primary N) is 1. The van der Waals surface area contributed by atoms with Crippen LogP contribution in [-0.4, -0.2) is 39.4 Å². The van der Waals surface area contributed by atoms with E-state index in [1.165, 1.54) is 12.8 Å². The zero-order valence-electron chi connectivity index (χ0n) is 10.1. The summed E-state index contributed by atoms with van der Waals surface area (Å²) in [5.74, 6) is 1.46. The van der Waals surface area contributed by atoms with Crippen molar-refractivity contribution in [2.45, 2.75) is 49.8 Å². The summed E-state index contributed by atoms with van der Waals surface area (Å²) >= 11 is 6.72. The minimum Gasteiger partial charge on any atom is -0.393 e. The fraction of sp³-hybridized carbons (Fsp3) is 0.833. The first-order chi connectivity index (χ1) is 8.18. The number of rotatable bonds is 5. The Labute approximate surface area is 112 Å². The van der Waals surface area contributed by atoms with Crippen LogP contribution in [0.5, 0.6) is 0 Å². The van der Waals surface area contributed by atoms with E-state index < -0.39 is 0 Å². The highest BCUT2D eigenvalue weighted by Gasteiger charge is 2.36. The average Bonchev–Trinajstić information content (AvgIpc) is 3.14. The Hall–Kier alpha value is -0.290. The molecule has 17 heavy (non-hydrogen) atoms. The second-order valence-corrected chi connectivity index (χ2v) is 6.67. The van der Waals surface area contributed by atoms with Crippen molar-refractivity contribution >= 4 is 34.9 Å². The number of hydrogen-bond donors (Lipinski definition) is 1.